The number of hydrogen-bond donors (Lipinski definition) is 0. The van der Waals surface area contributed by atoms with Gasteiger partial charge in [-0.15, -0.1) is 0 Å². The van der Waals surface area contributed by atoms with Crippen LogP contribution in [-0.4, -0.2) is 27.3 Å². The molecule has 0 atom stereocenters. The number of unbranched alkanes of at least 4 members (excludes halogenated alkanes) is 2. The van der Waals surface area contributed by atoms with E-state index in [1.165, 1.54) is 6.07 Å². The number of carbonyl (C=O) groups excluding carboxylic acids is 1. The quantitative estimate of drug-likeness (QED) is 0.324. The summed E-state index contributed by atoms with van der Waals surface area (Å²) in [6.07, 6.45) is 4.02. The molecule has 7 nitrogen and oxygen atoms in total. The third kappa shape index (κ3) is 4.69. The number of aromatic nitrogens is 2. The third-order valence-electron chi connectivity index (χ3n) is 3.09. The lowest BCUT2D eigenvalue weighted by Crippen LogP contribution is -2.06. The molecular formula is C15H17N3O4. The maximum Gasteiger partial charge on any atom is 0.389 e. The van der Waals surface area contributed by atoms with Crippen molar-refractivity contribution < 1.29 is 14.5 Å². The summed E-state index contributed by atoms with van der Waals surface area (Å²) in [5, 5.41) is 14.3. The molecule has 0 bridgehead atoms. The van der Waals surface area contributed by atoms with Crippen molar-refractivity contribution in [1.82, 2.24) is 9.78 Å². The largest absolute Gasteiger partial charge is 0.462 e. The average molecular weight is 303 g/mol. The second-order valence-electron chi connectivity index (χ2n) is 4.76. The van der Waals surface area contributed by atoms with E-state index in [1.54, 1.807) is 35.1 Å². The molecule has 0 amide bonds. The summed E-state index contributed by atoms with van der Waals surface area (Å²) in [6.45, 7) is 0.980. The molecule has 0 fully saturated rings. The van der Waals surface area contributed by atoms with Crippen LogP contribution < -0.4 is 0 Å². The van der Waals surface area contributed by atoms with Crippen molar-refractivity contribution >= 4 is 11.8 Å². The first-order valence-corrected chi connectivity index (χ1v) is 7.07. The summed E-state index contributed by atoms with van der Waals surface area (Å²) in [5.74, 6) is -0.458. The van der Waals surface area contributed by atoms with Crippen LogP contribution in [0.5, 0.6) is 0 Å². The second-order valence-corrected chi connectivity index (χ2v) is 4.76. The van der Waals surface area contributed by atoms with Crippen LogP contribution in [0.15, 0.2) is 42.6 Å². The van der Waals surface area contributed by atoms with E-state index >= 15 is 0 Å². The van der Waals surface area contributed by atoms with Crippen molar-refractivity contribution in [1.29, 1.82) is 0 Å². The molecule has 0 radical (unpaired) electrons. The molecule has 0 saturated heterocycles. The number of esters is 1. The molecule has 0 N–H and O–H groups in total. The Morgan fingerprint density at radius 2 is 1.95 bits per heavy atom. The summed E-state index contributed by atoms with van der Waals surface area (Å²) in [5.41, 5.74) is 0.548. The van der Waals surface area contributed by atoms with Crippen LogP contribution in [0, 0.1) is 10.1 Å². The van der Waals surface area contributed by atoms with Crippen LogP contribution in [0.25, 0.3) is 0 Å². The minimum atomic E-state index is -0.514. The molecule has 0 aliphatic heterocycles. The number of aryl methyl sites for hydroxylation is 1. The van der Waals surface area contributed by atoms with Gasteiger partial charge in [-0.3, -0.25) is 0 Å². The van der Waals surface area contributed by atoms with E-state index in [-0.39, 0.29) is 11.8 Å². The van der Waals surface area contributed by atoms with Crippen molar-refractivity contribution in [2.24, 2.45) is 0 Å². The Morgan fingerprint density at radius 1 is 1.18 bits per heavy atom. The van der Waals surface area contributed by atoms with E-state index in [1.807, 2.05) is 6.07 Å². The number of carbonyl (C=O) groups is 1. The van der Waals surface area contributed by atoms with E-state index in [0.29, 0.717) is 18.7 Å². The summed E-state index contributed by atoms with van der Waals surface area (Å²) < 4.78 is 6.71. The fraction of sp³-hybridized carbons (Fsp3) is 0.333. The van der Waals surface area contributed by atoms with Crippen LogP contribution in [0.3, 0.4) is 0 Å². The normalized spacial score (nSPS) is 10.4. The van der Waals surface area contributed by atoms with Crippen LogP contribution in [-0.2, 0) is 11.3 Å². The highest BCUT2D eigenvalue weighted by Crippen LogP contribution is 2.07. The molecular weight excluding hydrogens is 286 g/mol. The number of hydrogen-bond acceptors (Lipinski definition) is 5. The van der Waals surface area contributed by atoms with Crippen molar-refractivity contribution in [2.45, 2.75) is 25.8 Å². The van der Waals surface area contributed by atoms with Crippen LogP contribution in [0.2, 0.25) is 0 Å². The Hall–Kier alpha value is -2.70. The fourth-order valence-corrected chi connectivity index (χ4v) is 1.95. The summed E-state index contributed by atoms with van der Waals surface area (Å²) in [7, 11) is 0. The highest BCUT2D eigenvalue weighted by Gasteiger charge is 2.10. The lowest BCUT2D eigenvalue weighted by Gasteiger charge is -2.04. The summed E-state index contributed by atoms with van der Waals surface area (Å²) in [4.78, 5) is 21.6. The fourth-order valence-electron chi connectivity index (χ4n) is 1.95. The van der Waals surface area contributed by atoms with Gasteiger partial charge in [-0.2, -0.15) is 4.68 Å². The van der Waals surface area contributed by atoms with E-state index in [4.69, 9.17) is 4.74 Å². The Labute approximate surface area is 127 Å². The molecule has 0 aliphatic rings. The average Bonchev–Trinajstić information content (AvgIpc) is 3.00. The smallest absolute Gasteiger partial charge is 0.389 e. The zero-order chi connectivity index (χ0) is 15.8. The Balaban J connectivity index is 1.59. The van der Waals surface area contributed by atoms with Crippen molar-refractivity contribution in [2.75, 3.05) is 6.61 Å². The first kappa shape index (κ1) is 15.7. The van der Waals surface area contributed by atoms with Gasteiger partial charge in [0.05, 0.1) is 36.1 Å². The molecule has 2 aromatic rings. The van der Waals surface area contributed by atoms with Crippen molar-refractivity contribution in [3.63, 3.8) is 0 Å². The predicted molar refractivity (Wildman–Crippen MR) is 79.5 cm³/mol. The Morgan fingerprint density at radius 3 is 2.64 bits per heavy atom. The molecule has 116 valence electrons. The molecule has 0 unspecified atom stereocenters. The van der Waals surface area contributed by atoms with Crippen molar-refractivity contribution in [3.05, 3.63) is 58.3 Å². The number of benzene rings is 1. The van der Waals surface area contributed by atoms with E-state index in [9.17, 15) is 14.9 Å². The number of ether oxygens (including phenoxy) is 1. The number of rotatable bonds is 8. The predicted octanol–water partition coefficient (Wildman–Crippen LogP) is 2.82. The second kappa shape index (κ2) is 7.92. The van der Waals surface area contributed by atoms with E-state index < -0.39 is 4.92 Å². The summed E-state index contributed by atoms with van der Waals surface area (Å²) in [6, 6.07) is 10.2. The number of nitro groups is 1. The zero-order valence-corrected chi connectivity index (χ0v) is 12.1. The topological polar surface area (TPSA) is 87.3 Å². The van der Waals surface area contributed by atoms with Gasteiger partial charge in [0.25, 0.3) is 0 Å². The van der Waals surface area contributed by atoms with Crippen molar-refractivity contribution in [3.8, 4) is 0 Å². The van der Waals surface area contributed by atoms with Gasteiger partial charge in [0.1, 0.15) is 0 Å². The van der Waals surface area contributed by atoms with Crippen LogP contribution in [0.1, 0.15) is 29.6 Å². The van der Waals surface area contributed by atoms with Gasteiger partial charge < -0.3 is 14.9 Å². The standard InChI is InChI=1S/C15H17N3O4/c19-15(13-7-3-1-4-8-13)22-12-6-2-5-10-17-11-9-14(16-17)18(20)21/h1,3-4,7-9,11H,2,5-6,10,12H2. The van der Waals surface area contributed by atoms with Gasteiger partial charge in [0, 0.05) is 0 Å². The van der Waals surface area contributed by atoms with Gasteiger partial charge in [0.15, 0.2) is 0 Å². The van der Waals surface area contributed by atoms with Gasteiger partial charge in [-0.25, -0.2) is 4.79 Å². The Bertz CT molecular complexity index is 625. The first-order valence-electron chi connectivity index (χ1n) is 7.07. The van der Waals surface area contributed by atoms with Gasteiger partial charge in [-0.05, 0) is 36.3 Å². The minimum absolute atomic E-state index is 0.142. The molecule has 0 spiro atoms. The SMILES string of the molecule is O=C(OCCCCCn1ccc([N+](=O)[O-])n1)c1ccccc1. The zero-order valence-electron chi connectivity index (χ0n) is 12.1. The molecule has 1 heterocycles. The molecule has 0 aliphatic carbocycles. The molecule has 2 rings (SSSR count). The first-order chi connectivity index (χ1) is 10.7. The van der Waals surface area contributed by atoms with Crippen LogP contribution in [0.4, 0.5) is 5.82 Å². The molecule has 1 aromatic heterocycles. The lowest BCUT2D eigenvalue weighted by molar-refractivity contribution is -0.389. The molecule has 7 heteroatoms. The maximum atomic E-state index is 11.7. The highest BCUT2D eigenvalue weighted by molar-refractivity contribution is 5.89. The van der Waals surface area contributed by atoms with E-state index in [2.05, 4.69) is 5.10 Å². The maximum absolute atomic E-state index is 11.7. The Kier molecular flexibility index (Phi) is 5.65. The monoisotopic (exact) mass is 303 g/mol. The minimum Gasteiger partial charge on any atom is -0.462 e. The van der Waals surface area contributed by atoms with Gasteiger partial charge >= 0.3 is 11.8 Å². The van der Waals surface area contributed by atoms with E-state index in [0.717, 1.165) is 19.3 Å². The molecule has 1 aromatic carbocycles. The van der Waals surface area contributed by atoms with Gasteiger partial charge in [0.2, 0.25) is 0 Å². The number of nitrogens with zero attached hydrogens (tertiary/aromatic N) is 3. The lowest BCUT2D eigenvalue weighted by atomic mass is 10.2. The molecule has 0 saturated carbocycles. The van der Waals surface area contributed by atoms with Crippen LogP contribution >= 0.6 is 0 Å². The molecule has 22 heavy (non-hydrogen) atoms. The highest BCUT2D eigenvalue weighted by atomic mass is 16.6. The third-order valence-corrected chi connectivity index (χ3v) is 3.09. The van der Waals surface area contributed by atoms with Gasteiger partial charge in [-0.1, -0.05) is 18.2 Å². The summed E-state index contributed by atoms with van der Waals surface area (Å²) >= 11 is 0.